The number of hydrogen-bond acceptors (Lipinski definition) is 4. The van der Waals surface area contributed by atoms with Crippen molar-refractivity contribution >= 4 is 23.0 Å². The first kappa shape index (κ1) is 13.2. The maximum Gasteiger partial charge on any atom is 0.253 e. The Morgan fingerprint density at radius 2 is 2.14 bits per heavy atom. The van der Waals surface area contributed by atoms with Crippen molar-refractivity contribution in [3.05, 3.63) is 24.2 Å². The fraction of sp³-hybridized carbons (Fsp3) is 0.467. The van der Waals surface area contributed by atoms with Crippen molar-refractivity contribution in [2.75, 3.05) is 0 Å². The van der Waals surface area contributed by atoms with Crippen LogP contribution in [0.15, 0.2) is 18.6 Å². The molecule has 1 saturated heterocycles. The fourth-order valence-corrected chi connectivity index (χ4v) is 3.17. The molecule has 1 saturated carbocycles. The highest BCUT2D eigenvalue weighted by Crippen LogP contribution is 2.36. The smallest absolute Gasteiger partial charge is 0.253 e. The maximum atomic E-state index is 12.6. The van der Waals surface area contributed by atoms with Gasteiger partial charge in [0, 0.05) is 12.6 Å². The highest BCUT2D eigenvalue weighted by Gasteiger charge is 2.40. The summed E-state index contributed by atoms with van der Waals surface area (Å²) < 4.78 is 0. The van der Waals surface area contributed by atoms with Crippen molar-refractivity contribution in [1.29, 1.82) is 0 Å². The minimum Gasteiger partial charge on any atom is -0.351 e. The van der Waals surface area contributed by atoms with Gasteiger partial charge in [-0.3, -0.25) is 9.59 Å². The highest BCUT2D eigenvalue weighted by atomic mass is 16.2. The molecule has 4 rings (SSSR count). The van der Waals surface area contributed by atoms with E-state index in [-0.39, 0.29) is 23.9 Å². The van der Waals surface area contributed by atoms with Crippen molar-refractivity contribution in [2.24, 2.45) is 5.92 Å². The molecule has 2 atom stereocenters. The first-order chi connectivity index (χ1) is 10.7. The molecule has 2 aliphatic rings. The molecule has 2 aromatic heterocycles. The molecule has 0 aromatic carbocycles. The van der Waals surface area contributed by atoms with Gasteiger partial charge >= 0.3 is 0 Å². The quantitative estimate of drug-likeness (QED) is 0.778. The van der Waals surface area contributed by atoms with Crippen LogP contribution in [0, 0.1) is 5.92 Å². The summed E-state index contributed by atoms with van der Waals surface area (Å²) in [5.74, 6) is 0.435. The Bertz CT molecular complexity index is 736. The molecular weight excluding hydrogens is 282 g/mol. The van der Waals surface area contributed by atoms with E-state index in [0.29, 0.717) is 35.5 Å². The predicted molar refractivity (Wildman–Crippen MR) is 79.0 cm³/mol. The van der Waals surface area contributed by atoms with Gasteiger partial charge in [0.05, 0.1) is 29.5 Å². The van der Waals surface area contributed by atoms with E-state index >= 15 is 0 Å². The maximum absolute atomic E-state index is 12.6. The van der Waals surface area contributed by atoms with Crippen LogP contribution in [-0.2, 0) is 4.79 Å². The summed E-state index contributed by atoms with van der Waals surface area (Å²) in [4.78, 5) is 35.3. The van der Waals surface area contributed by atoms with E-state index in [1.165, 1.54) is 6.33 Å². The van der Waals surface area contributed by atoms with E-state index in [0.717, 1.165) is 12.8 Å². The minimum absolute atomic E-state index is 0.0103. The molecule has 7 heteroatoms. The zero-order valence-electron chi connectivity index (χ0n) is 12.0. The Kier molecular flexibility index (Phi) is 3.06. The Morgan fingerprint density at radius 1 is 1.27 bits per heavy atom. The second kappa shape index (κ2) is 5.08. The van der Waals surface area contributed by atoms with Crippen molar-refractivity contribution in [3.63, 3.8) is 0 Å². The molecule has 114 valence electrons. The number of H-pyrrole nitrogens is 1. The number of carbonyl (C=O) groups excluding carboxylic acids is 2. The second-order valence-corrected chi connectivity index (χ2v) is 6.01. The van der Waals surface area contributed by atoms with Gasteiger partial charge in [-0.1, -0.05) is 0 Å². The van der Waals surface area contributed by atoms with Gasteiger partial charge in [-0.15, -0.1) is 0 Å². The van der Waals surface area contributed by atoms with Gasteiger partial charge in [0.15, 0.2) is 5.65 Å². The normalized spacial score (nSPS) is 25.0. The number of pyridine rings is 1. The summed E-state index contributed by atoms with van der Waals surface area (Å²) in [7, 11) is 0. The van der Waals surface area contributed by atoms with Gasteiger partial charge in [-0.2, -0.15) is 0 Å². The molecule has 3 heterocycles. The molecule has 0 bridgehead atoms. The third kappa shape index (κ3) is 2.32. The number of fused-ring (bicyclic) bond motifs is 1. The summed E-state index contributed by atoms with van der Waals surface area (Å²) in [5, 5.41) is 6.11. The zero-order chi connectivity index (χ0) is 15.1. The van der Waals surface area contributed by atoms with Crippen LogP contribution in [0.2, 0.25) is 0 Å². The topological polar surface area (TPSA) is 99.8 Å². The van der Waals surface area contributed by atoms with E-state index in [1.807, 2.05) is 0 Å². The number of amides is 2. The Morgan fingerprint density at radius 3 is 2.95 bits per heavy atom. The van der Waals surface area contributed by atoms with Gasteiger partial charge in [-0.25, -0.2) is 9.97 Å². The van der Waals surface area contributed by atoms with Gasteiger partial charge < -0.3 is 15.6 Å². The first-order valence-corrected chi connectivity index (χ1v) is 7.60. The van der Waals surface area contributed by atoms with Crippen LogP contribution in [0.1, 0.15) is 36.0 Å². The average molecular weight is 299 g/mol. The van der Waals surface area contributed by atoms with Gasteiger partial charge in [0.1, 0.15) is 0 Å². The van der Waals surface area contributed by atoms with Crippen LogP contribution in [0.4, 0.5) is 0 Å². The lowest BCUT2D eigenvalue weighted by molar-refractivity contribution is -0.124. The van der Waals surface area contributed by atoms with Crippen LogP contribution < -0.4 is 10.6 Å². The molecule has 0 radical (unpaired) electrons. The lowest BCUT2D eigenvalue weighted by Gasteiger charge is -2.33. The minimum atomic E-state index is -0.150. The van der Waals surface area contributed by atoms with Crippen LogP contribution >= 0.6 is 0 Å². The SMILES string of the molecule is O=C1CC[C@@H](NC(=O)c2ccnc3nc[nH]c23)[C@H](C2CC2)N1. The van der Waals surface area contributed by atoms with Crippen LogP contribution in [0.25, 0.3) is 11.2 Å². The standard InChI is InChI=1S/C15H17N5O2/c21-11-4-3-10(12(20-11)8-1-2-8)19-15(22)9-5-6-16-14-13(9)17-7-18-14/h5-8,10,12H,1-4H2,(H,19,22)(H,20,21)(H,16,17,18)/t10-,12+/m1/s1. The summed E-state index contributed by atoms with van der Waals surface area (Å²) in [5.41, 5.74) is 1.71. The number of piperidine rings is 1. The summed E-state index contributed by atoms with van der Waals surface area (Å²) in [6.07, 6.45) is 6.51. The van der Waals surface area contributed by atoms with E-state index < -0.39 is 0 Å². The summed E-state index contributed by atoms with van der Waals surface area (Å²) >= 11 is 0. The monoisotopic (exact) mass is 299 g/mol. The molecule has 1 aliphatic heterocycles. The molecule has 7 nitrogen and oxygen atoms in total. The molecule has 1 aliphatic carbocycles. The van der Waals surface area contributed by atoms with Gasteiger partial charge in [0.2, 0.25) is 5.91 Å². The van der Waals surface area contributed by atoms with Gasteiger partial charge in [0.25, 0.3) is 5.91 Å². The number of nitrogens with zero attached hydrogens (tertiary/aromatic N) is 2. The highest BCUT2D eigenvalue weighted by molar-refractivity contribution is 6.04. The van der Waals surface area contributed by atoms with Crippen molar-refractivity contribution in [2.45, 2.75) is 37.8 Å². The number of nitrogens with one attached hydrogen (secondary N) is 3. The predicted octanol–water partition coefficient (Wildman–Crippen LogP) is 0.745. The third-order valence-electron chi connectivity index (χ3n) is 4.46. The molecule has 22 heavy (non-hydrogen) atoms. The molecule has 2 fully saturated rings. The van der Waals surface area contributed by atoms with E-state index in [1.54, 1.807) is 12.3 Å². The van der Waals surface area contributed by atoms with Crippen molar-refractivity contribution < 1.29 is 9.59 Å². The lowest BCUT2D eigenvalue weighted by Crippen LogP contribution is -2.56. The number of aromatic nitrogens is 3. The van der Waals surface area contributed by atoms with Crippen molar-refractivity contribution in [3.8, 4) is 0 Å². The molecule has 0 spiro atoms. The van der Waals surface area contributed by atoms with E-state index in [4.69, 9.17) is 0 Å². The largest absolute Gasteiger partial charge is 0.351 e. The molecular formula is C15H17N5O2. The zero-order valence-corrected chi connectivity index (χ0v) is 12.0. The number of rotatable bonds is 3. The van der Waals surface area contributed by atoms with Crippen LogP contribution in [0.3, 0.4) is 0 Å². The average Bonchev–Trinajstić information content (AvgIpc) is 3.25. The van der Waals surface area contributed by atoms with E-state index in [2.05, 4.69) is 25.6 Å². The number of imidazole rings is 1. The first-order valence-electron chi connectivity index (χ1n) is 7.60. The van der Waals surface area contributed by atoms with Crippen LogP contribution in [-0.4, -0.2) is 38.8 Å². The summed E-state index contributed by atoms with van der Waals surface area (Å²) in [6.45, 7) is 0. The Hall–Kier alpha value is -2.44. The van der Waals surface area contributed by atoms with E-state index in [9.17, 15) is 9.59 Å². The molecule has 2 amide bonds. The van der Waals surface area contributed by atoms with Crippen LogP contribution in [0.5, 0.6) is 0 Å². The summed E-state index contributed by atoms with van der Waals surface area (Å²) in [6, 6.07) is 1.73. The second-order valence-electron chi connectivity index (χ2n) is 6.01. The Labute approximate surface area is 126 Å². The molecule has 3 N–H and O–H groups in total. The molecule has 2 aromatic rings. The lowest BCUT2D eigenvalue weighted by atomic mass is 9.94. The van der Waals surface area contributed by atoms with Crippen molar-refractivity contribution in [1.82, 2.24) is 25.6 Å². The number of carbonyl (C=O) groups is 2. The molecule has 0 unspecified atom stereocenters. The van der Waals surface area contributed by atoms with Gasteiger partial charge in [-0.05, 0) is 31.2 Å². The number of hydrogen-bond donors (Lipinski definition) is 3. The Balaban J connectivity index is 1.55. The fourth-order valence-electron chi connectivity index (χ4n) is 3.17. The number of aromatic amines is 1. The third-order valence-corrected chi connectivity index (χ3v) is 4.46.